The van der Waals surface area contributed by atoms with Crippen LogP contribution in [0.4, 0.5) is 13.2 Å². The third-order valence-electron chi connectivity index (χ3n) is 3.43. The van der Waals surface area contributed by atoms with E-state index in [1.165, 1.54) is 7.05 Å². The molecule has 0 heterocycles. The zero-order valence-electron chi connectivity index (χ0n) is 13.0. The fraction of sp³-hybridized carbons (Fsp3) is 0.250. The Morgan fingerprint density at radius 3 is 2.25 bits per heavy atom. The quantitative estimate of drug-likeness (QED) is 0.734. The van der Waals surface area contributed by atoms with Crippen LogP contribution in [0.2, 0.25) is 0 Å². The van der Waals surface area contributed by atoms with Gasteiger partial charge in [0.05, 0.1) is 10.5 Å². The fourth-order valence-corrected chi connectivity index (χ4v) is 3.70. The largest absolute Gasteiger partial charge is 0.416 e. The molecule has 3 nitrogen and oxygen atoms in total. The smallest absolute Gasteiger partial charge is 0.207 e. The summed E-state index contributed by atoms with van der Waals surface area (Å²) in [4.78, 5) is 0.669. The summed E-state index contributed by atoms with van der Waals surface area (Å²) in [7, 11) is -2.66. The third kappa shape index (κ3) is 4.31. The number of nitrogens with zero attached hydrogens (tertiary/aromatic N) is 1. The second-order valence-corrected chi connectivity index (χ2v) is 8.06. The summed E-state index contributed by atoms with van der Waals surface area (Å²) in [6.07, 6.45) is -2.66. The normalized spacial score (nSPS) is 12.6. The number of hydrogen-bond donors (Lipinski definition) is 0. The van der Waals surface area contributed by atoms with Gasteiger partial charge in [0.1, 0.15) is 0 Å². The summed E-state index contributed by atoms with van der Waals surface area (Å²) in [5.74, 6) is 0. The molecule has 0 aliphatic heterocycles. The van der Waals surface area contributed by atoms with Crippen molar-refractivity contribution in [3.8, 4) is 0 Å². The Labute approximate surface area is 143 Å². The molecule has 0 aliphatic rings. The first-order chi connectivity index (χ1) is 11.1. The molecular formula is C16H16F3NO2S2. The van der Waals surface area contributed by atoms with E-state index >= 15 is 0 Å². The molecule has 0 bridgehead atoms. The van der Waals surface area contributed by atoms with E-state index in [0.717, 1.165) is 33.0 Å². The van der Waals surface area contributed by atoms with Crippen molar-refractivity contribution in [1.29, 1.82) is 0 Å². The molecule has 2 rings (SSSR count). The first-order valence-corrected chi connectivity index (χ1v) is 9.57. The van der Waals surface area contributed by atoms with Crippen LogP contribution < -0.4 is 0 Å². The fourth-order valence-electron chi connectivity index (χ4n) is 2.09. The minimum Gasteiger partial charge on any atom is -0.207 e. The summed E-state index contributed by atoms with van der Waals surface area (Å²) < 4.78 is 64.3. The SMILES string of the molecule is CSc1ccc(CN(C)S(=O)(=O)c2cccc(C(F)(F)F)c2)cc1. The van der Waals surface area contributed by atoms with Crippen molar-refractivity contribution in [2.24, 2.45) is 0 Å². The molecule has 8 heteroatoms. The predicted molar refractivity (Wildman–Crippen MR) is 88.3 cm³/mol. The van der Waals surface area contributed by atoms with Gasteiger partial charge in [0.25, 0.3) is 0 Å². The molecule has 0 unspecified atom stereocenters. The van der Waals surface area contributed by atoms with Gasteiger partial charge in [-0.15, -0.1) is 11.8 Å². The van der Waals surface area contributed by atoms with Crippen molar-refractivity contribution in [2.75, 3.05) is 13.3 Å². The second kappa shape index (κ2) is 7.16. The third-order valence-corrected chi connectivity index (χ3v) is 5.98. The maximum absolute atomic E-state index is 12.8. The highest BCUT2D eigenvalue weighted by Gasteiger charge is 2.32. The van der Waals surface area contributed by atoms with Gasteiger partial charge >= 0.3 is 6.18 Å². The molecule has 0 fully saturated rings. The lowest BCUT2D eigenvalue weighted by Gasteiger charge is -2.18. The highest BCUT2D eigenvalue weighted by Crippen LogP contribution is 2.31. The van der Waals surface area contributed by atoms with Gasteiger partial charge in [-0.1, -0.05) is 18.2 Å². The van der Waals surface area contributed by atoms with Gasteiger partial charge in [0, 0.05) is 18.5 Å². The van der Waals surface area contributed by atoms with Crippen LogP contribution in [0.25, 0.3) is 0 Å². The molecular weight excluding hydrogens is 359 g/mol. The lowest BCUT2D eigenvalue weighted by Crippen LogP contribution is -2.26. The molecule has 130 valence electrons. The molecule has 0 amide bonds. The average molecular weight is 375 g/mol. The van der Waals surface area contributed by atoms with E-state index < -0.39 is 21.8 Å². The minimum absolute atomic E-state index is 0.0766. The van der Waals surface area contributed by atoms with Gasteiger partial charge in [-0.05, 0) is 42.2 Å². The van der Waals surface area contributed by atoms with Crippen LogP contribution in [0.3, 0.4) is 0 Å². The van der Waals surface area contributed by atoms with E-state index in [1.807, 2.05) is 18.4 Å². The Morgan fingerprint density at radius 1 is 1.08 bits per heavy atom. The van der Waals surface area contributed by atoms with Crippen LogP contribution >= 0.6 is 11.8 Å². The molecule has 0 spiro atoms. The molecule has 0 saturated carbocycles. The molecule has 0 saturated heterocycles. The maximum Gasteiger partial charge on any atom is 0.416 e. The van der Waals surface area contributed by atoms with Gasteiger partial charge in [0.2, 0.25) is 10.0 Å². The van der Waals surface area contributed by atoms with Gasteiger partial charge in [0.15, 0.2) is 0 Å². The van der Waals surface area contributed by atoms with E-state index in [-0.39, 0.29) is 11.4 Å². The molecule has 0 atom stereocenters. The summed E-state index contributed by atoms with van der Waals surface area (Å²) in [5, 5.41) is 0. The van der Waals surface area contributed by atoms with Crippen molar-refractivity contribution in [1.82, 2.24) is 4.31 Å². The number of benzene rings is 2. The predicted octanol–water partition coefficient (Wildman–Crippen LogP) is 4.25. The van der Waals surface area contributed by atoms with Crippen LogP contribution in [-0.4, -0.2) is 26.0 Å². The van der Waals surface area contributed by atoms with E-state index in [9.17, 15) is 21.6 Å². The molecule has 0 aliphatic carbocycles. The summed E-state index contributed by atoms with van der Waals surface area (Å²) >= 11 is 1.56. The molecule has 0 aromatic heterocycles. The van der Waals surface area contributed by atoms with Crippen LogP contribution in [0.1, 0.15) is 11.1 Å². The lowest BCUT2D eigenvalue weighted by molar-refractivity contribution is -0.137. The Kier molecular flexibility index (Phi) is 5.62. The Balaban J connectivity index is 2.25. The molecule has 0 radical (unpaired) electrons. The second-order valence-electron chi connectivity index (χ2n) is 5.13. The van der Waals surface area contributed by atoms with Gasteiger partial charge < -0.3 is 0 Å². The standard InChI is InChI=1S/C16H16F3NO2S2/c1-20(11-12-6-8-14(23-2)9-7-12)24(21,22)15-5-3-4-13(10-15)16(17,18)19/h3-10H,11H2,1-2H3. The Hall–Kier alpha value is -1.51. The topological polar surface area (TPSA) is 37.4 Å². The average Bonchev–Trinajstić information content (AvgIpc) is 2.55. The first-order valence-electron chi connectivity index (χ1n) is 6.91. The number of alkyl halides is 3. The van der Waals surface area contributed by atoms with E-state index in [1.54, 1.807) is 23.9 Å². The van der Waals surface area contributed by atoms with Crippen molar-refractivity contribution >= 4 is 21.8 Å². The first kappa shape index (κ1) is 18.8. The highest BCUT2D eigenvalue weighted by atomic mass is 32.2. The monoisotopic (exact) mass is 375 g/mol. The van der Waals surface area contributed by atoms with Crippen LogP contribution in [0, 0.1) is 0 Å². The van der Waals surface area contributed by atoms with Crippen molar-refractivity contribution in [2.45, 2.75) is 22.5 Å². The van der Waals surface area contributed by atoms with Crippen LogP contribution in [0.5, 0.6) is 0 Å². The van der Waals surface area contributed by atoms with Crippen LogP contribution in [-0.2, 0) is 22.7 Å². The number of halogens is 3. The highest BCUT2D eigenvalue weighted by molar-refractivity contribution is 7.98. The summed E-state index contributed by atoms with van der Waals surface area (Å²) in [6, 6.07) is 11.1. The molecule has 24 heavy (non-hydrogen) atoms. The number of sulfonamides is 1. The van der Waals surface area contributed by atoms with E-state index in [0.29, 0.717) is 6.07 Å². The number of rotatable bonds is 5. The van der Waals surface area contributed by atoms with Gasteiger partial charge in [-0.25, -0.2) is 8.42 Å². The van der Waals surface area contributed by atoms with Crippen molar-refractivity contribution in [3.05, 3.63) is 59.7 Å². The van der Waals surface area contributed by atoms with Crippen molar-refractivity contribution < 1.29 is 21.6 Å². The maximum atomic E-state index is 12.8. The number of hydrogen-bond acceptors (Lipinski definition) is 3. The van der Waals surface area contributed by atoms with Gasteiger partial charge in [-0.2, -0.15) is 17.5 Å². The van der Waals surface area contributed by atoms with E-state index in [2.05, 4.69) is 0 Å². The number of thioether (sulfide) groups is 1. The van der Waals surface area contributed by atoms with Crippen LogP contribution in [0.15, 0.2) is 58.3 Å². The molecule has 0 N–H and O–H groups in total. The van der Waals surface area contributed by atoms with E-state index in [4.69, 9.17) is 0 Å². The lowest BCUT2D eigenvalue weighted by atomic mass is 10.2. The summed E-state index contributed by atoms with van der Waals surface area (Å²) in [6.45, 7) is 0.0766. The molecule has 2 aromatic rings. The zero-order valence-corrected chi connectivity index (χ0v) is 14.7. The molecule has 2 aromatic carbocycles. The summed E-state index contributed by atoms with van der Waals surface area (Å²) in [5.41, 5.74) is -0.229. The van der Waals surface area contributed by atoms with Gasteiger partial charge in [-0.3, -0.25) is 0 Å². The minimum atomic E-state index is -4.59. The Bertz CT molecular complexity index is 803. The Morgan fingerprint density at radius 2 is 1.71 bits per heavy atom. The zero-order chi connectivity index (χ0) is 18.0. The van der Waals surface area contributed by atoms with Crippen molar-refractivity contribution in [3.63, 3.8) is 0 Å².